The van der Waals surface area contributed by atoms with E-state index in [-0.39, 0.29) is 5.82 Å². The standard InChI is InChI=1S/C11H14BrFO/c1-9(6-12)7-14-8-10-4-2-3-5-11(10)13/h2-5,9H,6-8H2,1H3. The van der Waals surface area contributed by atoms with E-state index in [0.29, 0.717) is 24.7 Å². The van der Waals surface area contributed by atoms with E-state index in [1.54, 1.807) is 12.1 Å². The molecule has 0 radical (unpaired) electrons. The Morgan fingerprint density at radius 1 is 1.43 bits per heavy atom. The fourth-order valence-corrected chi connectivity index (χ4v) is 1.22. The van der Waals surface area contributed by atoms with Crippen molar-refractivity contribution in [3.63, 3.8) is 0 Å². The molecule has 0 fully saturated rings. The van der Waals surface area contributed by atoms with Gasteiger partial charge in [0.05, 0.1) is 13.2 Å². The lowest BCUT2D eigenvalue weighted by Gasteiger charge is -2.08. The van der Waals surface area contributed by atoms with Gasteiger partial charge in [0, 0.05) is 10.9 Å². The van der Waals surface area contributed by atoms with Crippen LogP contribution in [0.5, 0.6) is 0 Å². The van der Waals surface area contributed by atoms with E-state index in [1.165, 1.54) is 6.07 Å². The van der Waals surface area contributed by atoms with Gasteiger partial charge in [-0.3, -0.25) is 0 Å². The summed E-state index contributed by atoms with van der Waals surface area (Å²) in [6, 6.07) is 6.69. The molecule has 0 bridgehead atoms. The van der Waals surface area contributed by atoms with Crippen LogP contribution >= 0.6 is 15.9 Å². The van der Waals surface area contributed by atoms with Crippen LogP contribution in [0.3, 0.4) is 0 Å². The highest BCUT2D eigenvalue weighted by Crippen LogP contribution is 2.09. The van der Waals surface area contributed by atoms with Gasteiger partial charge in [-0.2, -0.15) is 0 Å². The van der Waals surface area contributed by atoms with Crippen molar-refractivity contribution in [3.8, 4) is 0 Å². The second-order valence-electron chi connectivity index (χ2n) is 3.37. The van der Waals surface area contributed by atoms with Crippen molar-refractivity contribution in [1.82, 2.24) is 0 Å². The van der Waals surface area contributed by atoms with Gasteiger partial charge in [0.15, 0.2) is 0 Å². The molecule has 0 amide bonds. The first-order valence-electron chi connectivity index (χ1n) is 4.61. The van der Waals surface area contributed by atoms with Crippen molar-refractivity contribution >= 4 is 15.9 Å². The van der Waals surface area contributed by atoms with Crippen LogP contribution in [-0.4, -0.2) is 11.9 Å². The summed E-state index contributed by atoms with van der Waals surface area (Å²) in [7, 11) is 0. The third-order valence-electron chi connectivity index (χ3n) is 1.88. The minimum Gasteiger partial charge on any atom is -0.376 e. The lowest BCUT2D eigenvalue weighted by atomic mass is 10.2. The molecule has 1 nitrogen and oxygen atoms in total. The van der Waals surface area contributed by atoms with Crippen LogP contribution in [0.1, 0.15) is 12.5 Å². The zero-order valence-corrected chi connectivity index (χ0v) is 9.76. The van der Waals surface area contributed by atoms with Gasteiger partial charge in [-0.25, -0.2) is 4.39 Å². The number of hydrogen-bond donors (Lipinski definition) is 0. The molecule has 1 atom stereocenters. The molecule has 0 saturated carbocycles. The van der Waals surface area contributed by atoms with Gasteiger partial charge in [0.25, 0.3) is 0 Å². The van der Waals surface area contributed by atoms with E-state index < -0.39 is 0 Å². The Morgan fingerprint density at radius 2 is 2.14 bits per heavy atom. The molecule has 0 aliphatic carbocycles. The Morgan fingerprint density at radius 3 is 2.79 bits per heavy atom. The first kappa shape index (κ1) is 11.7. The molecule has 14 heavy (non-hydrogen) atoms. The van der Waals surface area contributed by atoms with Crippen molar-refractivity contribution in [1.29, 1.82) is 0 Å². The van der Waals surface area contributed by atoms with E-state index in [9.17, 15) is 4.39 Å². The predicted octanol–water partition coefficient (Wildman–Crippen LogP) is 3.37. The van der Waals surface area contributed by atoms with Gasteiger partial charge in [-0.15, -0.1) is 0 Å². The zero-order chi connectivity index (χ0) is 10.4. The molecular weight excluding hydrogens is 247 g/mol. The summed E-state index contributed by atoms with van der Waals surface area (Å²) in [5, 5.41) is 0.907. The summed E-state index contributed by atoms with van der Waals surface area (Å²) in [5.74, 6) is 0.265. The zero-order valence-electron chi connectivity index (χ0n) is 8.17. The second kappa shape index (κ2) is 6.14. The molecule has 1 aromatic carbocycles. The predicted molar refractivity (Wildman–Crippen MR) is 59.0 cm³/mol. The number of ether oxygens (including phenoxy) is 1. The Bertz CT molecular complexity index is 278. The van der Waals surface area contributed by atoms with Gasteiger partial charge in [-0.05, 0) is 12.0 Å². The van der Waals surface area contributed by atoms with Crippen molar-refractivity contribution in [3.05, 3.63) is 35.6 Å². The van der Waals surface area contributed by atoms with Crippen LogP contribution in [0.2, 0.25) is 0 Å². The Balaban J connectivity index is 2.35. The Kier molecular flexibility index (Phi) is 5.12. The summed E-state index contributed by atoms with van der Waals surface area (Å²) in [6.45, 7) is 3.08. The van der Waals surface area contributed by atoms with Crippen LogP contribution in [0.15, 0.2) is 24.3 Å². The van der Waals surface area contributed by atoms with Gasteiger partial charge >= 0.3 is 0 Å². The molecule has 1 aromatic rings. The topological polar surface area (TPSA) is 9.23 Å². The van der Waals surface area contributed by atoms with Gasteiger partial charge < -0.3 is 4.74 Å². The van der Waals surface area contributed by atoms with Crippen LogP contribution in [0.25, 0.3) is 0 Å². The van der Waals surface area contributed by atoms with E-state index in [0.717, 1.165) is 5.33 Å². The van der Waals surface area contributed by atoms with Crippen molar-refractivity contribution in [2.24, 2.45) is 5.92 Å². The maximum absolute atomic E-state index is 13.1. The van der Waals surface area contributed by atoms with Gasteiger partial charge in [0.1, 0.15) is 5.82 Å². The van der Waals surface area contributed by atoms with Crippen LogP contribution < -0.4 is 0 Å². The van der Waals surface area contributed by atoms with Crippen LogP contribution in [0.4, 0.5) is 4.39 Å². The third-order valence-corrected chi connectivity index (χ3v) is 2.99. The molecule has 1 unspecified atom stereocenters. The summed E-state index contributed by atoms with van der Waals surface area (Å²) in [6.07, 6.45) is 0. The number of alkyl halides is 1. The quantitative estimate of drug-likeness (QED) is 0.738. The largest absolute Gasteiger partial charge is 0.376 e. The molecular formula is C11H14BrFO. The Labute approximate surface area is 92.4 Å². The van der Waals surface area contributed by atoms with Gasteiger partial charge in [-0.1, -0.05) is 41.1 Å². The molecule has 78 valence electrons. The highest BCUT2D eigenvalue weighted by Gasteiger charge is 2.02. The molecule has 0 aliphatic heterocycles. The molecule has 3 heteroatoms. The summed E-state index contributed by atoms with van der Waals surface area (Å²) < 4.78 is 18.5. The summed E-state index contributed by atoms with van der Waals surface area (Å²) in [5.41, 5.74) is 0.620. The van der Waals surface area contributed by atoms with Crippen LogP contribution in [0, 0.1) is 11.7 Å². The first-order chi connectivity index (χ1) is 6.74. The minimum atomic E-state index is -0.195. The average molecular weight is 261 g/mol. The number of halogens is 2. The maximum Gasteiger partial charge on any atom is 0.128 e. The summed E-state index contributed by atoms with van der Waals surface area (Å²) >= 11 is 3.36. The normalized spacial score (nSPS) is 12.8. The highest BCUT2D eigenvalue weighted by molar-refractivity contribution is 9.09. The molecule has 0 saturated heterocycles. The fraction of sp³-hybridized carbons (Fsp3) is 0.455. The number of benzene rings is 1. The SMILES string of the molecule is CC(CBr)COCc1ccccc1F. The third kappa shape index (κ3) is 3.76. The van der Waals surface area contributed by atoms with Crippen molar-refractivity contribution < 1.29 is 9.13 Å². The van der Waals surface area contributed by atoms with E-state index in [1.807, 2.05) is 6.07 Å². The highest BCUT2D eigenvalue weighted by atomic mass is 79.9. The lowest BCUT2D eigenvalue weighted by molar-refractivity contribution is 0.0965. The van der Waals surface area contributed by atoms with Crippen LogP contribution in [-0.2, 0) is 11.3 Å². The molecule has 0 N–H and O–H groups in total. The van der Waals surface area contributed by atoms with E-state index in [2.05, 4.69) is 22.9 Å². The van der Waals surface area contributed by atoms with Crippen molar-refractivity contribution in [2.75, 3.05) is 11.9 Å². The smallest absolute Gasteiger partial charge is 0.128 e. The van der Waals surface area contributed by atoms with Crippen molar-refractivity contribution in [2.45, 2.75) is 13.5 Å². The molecule has 0 heterocycles. The summed E-state index contributed by atoms with van der Waals surface area (Å²) in [4.78, 5) is 0. The average Bonchev–Trinajstić information content (AvgIpc) is 2.20. The van der Waals surface area contributed by atoms with E-state index in [4.69, 9.17) is 4.74 Å². The molecule has 0 aromatic heterocycles. The molecule has 1 rings (SSSR count). The Hall–Kier alpha value is -0.410. The lowest BCUT2D eigenvalue weighted by Crippen LogP contribution is -2.07. The number of rotatable bonds is 5. The number of hydrogen-bond acceptors (Lipinski definition) is 1. The van der Waals surface area contributed by atoms with Gasteiger partial charge in [0.2, 0.25) is 0 Å². The monoisotopic (exact) mass is 260 g/mol. The maximum atomic E-state index is 13.1. The van der Waals surface area contributed by atoms with E-state index >= 15 is 0 Å². The minimum absolute atomic E-state index is 0.195. The molecule has 0 aliphatic rings. The molecule has 0 spiro atoms. The second-order valence-corrected chi connectivity index (χ2v) is 4.01. The first-order valence-corrected chi connectivity index (χ1v) is 5.73. The fourth-order valence-electron chi connectivity index (χ4n) is 1.03.